The van der Waals surface area contributed by atoms with Gasteiger partial charge in [-0.15, -0.1) is 0 Å². The Hall–Kier alpha value is -3.77. The van der Waals surface area contributed by atoms with E-state index < -0.39 is 0 Å². The van der Waals surface area contributed by atoms with Crippen molar-refractivity contribution in [3.8, 4) is 35.8 Å². The average molecular weight is 388 g/mol. The van der Waals surface area contributed by atoms with Crippen molar-refractivity contribution < 1.29 is 9.47 Å². The maximum atomic E-state index is 8.97. The van der Waals surface area contributed by atoms with Crippen molar-refractivity contribution in [2.45, 2.75) is 32.6 Å². The van der Waals surface area contributed by atoms with Crippen LogP contribution in [0, 0.1) is 29.2 Å². The predicted octanol–water partition coefficient (Wildman–Crippen LogP) is 4.82. The summed E-state index contributed by atoms with van der Waals surface area (Å²) in [6.45, 7) is 3.67. The van der Waals surface area contributed by atoms with E-state index in [0.29, 0.717) is 41.4 Å². The number of rotatable bonds is 9. The Labute approximate surface area is 171 Å². The number of hydrogen-bond acceptors (Lipinski definition) is 6. The summed E-state index contributed by atoms with van der Waals surface area (Å²) in [7, 11) is 1.61. The van der Waals surface area contributed by atoms with Gasteiger partial charge in [0.1, 0.15) is 17.2 Å². The van der Waals surface area contributed by atoms with Crippen molar-refractivity contribution in [2.75, 3.05) is 7.11 Å². The zero-order chi connectivity index (χ0) is 21.2. The Morgan fingerprint density at radius 3 is 2.45 bits per heavy atom. The summed E-state index contributed by atoms with van der Waals surface area (Å²) in [6.07, 6.45) is 6.35. The van der Waals surface area contributed by atoms with Crippen molar-refractivity contribution in [1.82, 2.24) is 5.43 Å². The summed E-state index contributed by atoms with van der Waals surface area (Å²) in [4.78, 5) is 0. The first kappa shape index (κ1) is 21.5. The molecule has 6 nitrogen and oxygen atoms in total. The van der Waals surface area contributed by atoms with Crippen molar-refractivity contribution >= 4 is 11.4 Å². The van der Waals surface area contributed by atoms with Gasteiger partial charge in [-0.25, -0.2) is 5.43 Å². The second-order valence-electron chi connectivity index (χ2n) is 6.63. The minimum absolute atomic E-state index is 0.0423. The molecule has 0 spiro atoms. The number of nitriles is 1. The van der Waals surface area contributed by atoms with Crippen LogP contribution in [-0.4, -0.2) is 18.5 Å². The van der Waals surface area contributed by atoms with E-state index in [-0.39, 0.29) is 5.92 Å². The van der Waals surface area contributed by atoms with Crippen molar-refractivity contribution in [3.63, 3.8) is 0 Å². The first-order valence-corrected chi connectivity index (χ1v) is 9.10. The minimum Gasteiger partial charge on any atom is -0.497 e. The van der Waals surface area contributed by atoms with E-state index in [1.165, 1.54) is 0 Å². The van der Waals surface area contributed by atoms with Gasteiger partial charge in [-0.1, -0.05) is 6.42 Å². The topological polar surface area (TPSA) is 90.5 Å². The van der Waals surface area contributed by atoms with Gasteiger partial charge in [0.15, 0.2) is 0 Å². The van der Waals surface area contributed by atoms with Crippen LogP contribution in [0.15, 0.2) is 47.6 Å². The molecule has 0 heterocycles. The highest BCUT2D eigenvalue weighted by molar-refractivity contribution is 5.85. The maximum Gasteiger partial charge on any atom is 0.131 e. The van der Waals surface area contributed by atoms with E-state index in [0.717, 1.165) is 11.3 Å². The molecule has 0 amide bonds. The number of hydrazone groups is 1. The number of benzene rings is 2. The molecule has 0 aromatic heterocycles. The smallest absolute Gasteiger partial charge is 0.131 e. The Bertz CT molecular complexity index is 966. The van der Waals surface area contributed by atoms with Crippen LogP contribution in [0.2, 0.25) is 0 Å². The van der Waals surface area contributed by atoms with Crippen molar-refractivity contribution in [1.29, 1.82) is 10.7 Å². The quantitative estimate of drug-likeness (QED) is 0.279. The van der Waals surface area contributed by atoms with Crippen molar-refractivity contribution in [2.24, 2.45) is 5.10 Å². The van der Waals surface area contributed by atoms with Gasteiger partial charge in [0.2, 0.25) is 0 Å². The molecule has 1 atom stereocenters. The summed E-state index contributed by atoms with van der Waals surface area (Å²) < 4.78 is 11.5. The van der Waals surface area contributed by atoms with Gasteiger partial charge in [0, 0.05) is 23.0 Å². The fourth-order valence-electron chi connectivity index (χ4n) is 2.98. The molecule has 2 rings (SSSR count). The molecule has 0 saturated heterocycles. The molecule has 148 valence electrons. The summed E-state index contributed by atoms with van der Waals surface area (Å²) in [5.41, 5.74) is 5.38. The van der Waals surface area contributed by atoms with E-state index in [1.54, 1.807) is 38.3 Å². The van der Waals surface area contributed by atoms with Crippen LogP contribution in [-0.2, 0) is 0 Å². The van der Waals surface area contributed by atoms with Crippen LogP contribution in [0.4, 0.5) is 0 Å². The normalized spacial score (nSPS) is 11.7. The van der Waals surface area contributed by atoms with E-state index in [1.807, 2.05) is 25.1 Å². The van der Waals surface area contributed by atoms with Crippen LogP contribution in [0.1, 0.15) is 43.7 Å². The van der Waals surface area contributed by atoms with Gasteiger partial charge < -0.3 is 14.9 Å². The van der Waals surface area contributed by atoms with E-state index >= 15 is 0 Å². The molecule has 2 N–H and O–H groups in total. The van der Waals surface area contributed by atoms with Gasteiger partial charge in [-0.2, -0.15) is 10.4 Å². The number of terminal acetylenes is 1. The molecular weight excluding hydrogens is 364 g/mol. The third-order valence-corrected chi connectivity index (χ3v) is 4.27. The fraction of sp³-hybridized carbons (Fsp3) is 0.261. The van der Waals surface area contributed by atoms with Gasteiger partial charge in [-0.05, 0) is 75.1 Å². The summed E-state index contributed by atoms with van der Waals surface area (Å²) >= 11 is 0. The molecule has 0 saturated carbocycles. The summed E-state index contributed by atoms with van der Waals surface area (Å²) in [5, 5.41) is 21.1. The highest BCUT2D eigenvalue weighted by Crippen LogP contribution is 2.37. The molecule has 6 heteroatoms. The zero-order valence-corrected chi connectivity index (χ0v) is 16.8. The molecule has 1 unspecified atom stereocenters. The molecule has 0 fully saturated rings. The minimum atomic E-state index is -0.0423. The van der Waals surface area contributed by atoms with Crippen molar-refractivity contribution in [3.05, 3.63) is 53.6 Å². The highest BCUT2D eigenvalue weighted by Gasteiger charge is 2.20. The molecule has 0 aliphatic heterocycles. The molecular formula is C23H24N4O2. The highest BCUT2D eigenvalue weighted by atomic mass is 16.5. The number of ether oxygens (including phenoxy) is 2. The molecule has 2 aromatic carbocycles. The Kier molecular flexibility index (Phi) is 7.82. The number of methoxy groups -OCH3 is 1. The van der Waals surface area contributed by atoms with Gasteiger partial charge in [0.05, 0.1) is 18.7 Å². The predicted molar refractivity (Wildman–Crippen MR) is 115 cm³/mol. The van der Waals surface area contributed by atoms with Crippen LogP contribution in [0.3, 0.4) is 0 Å². The third kappa shape index (κ3) is 6.41. The standard InChI is InChI=1S/C23H24N4O2/c1-5-26-27-17(3)13-19(12-16(2)25)22-14-21(28-4)10-11-23(22)29-20-8-6-18(15-24)7-9-20/h1,6-11,14,19,25-26H,12-13H2,2-4H3/b25-16?,27-17-. The second-order valence-corrected chi connectivity index (χ2v) is 6.63. The Morgan fingerprint density at radius 2 is 1.86 bits per heavy atom. The lowest BCUT2D eigenvalue weighted by atomic mass is 9.88. The molecule has 0 radical (unpaired) electrons. The first-order valence-electron chi connectivity index (χ1n) is 9.10. The Balaban J connectivity index is 2.42. The lowest BCUT2D eigenvalue weighted by Gasteiger charge is -2.21. The monoisotopic (exact) mass is 388 g/mol. The van der Waals surface area contributed by atoms with Gasteiger partial charge in [-0.3, -0.25) is 0 Å². The first-order chi connectivity index (χ1) is 14.0. The van der Waals surface area contributed by atoms with E-state index in [9.17, 15) is 0 Å². The maximum absolute atomic E-state index is 8.97. The number of nitrogens with one attached hydrogen (secondary N) is 2. The molecule has 29 heavy (non-hydrogen) atoms. The lowest BCUT2D eigenvalue weighted by molar-refractivity contribution is 0.410. The fourth-order valence-corrected chi connectivity index (χ4v) is 2.98. The SMILES string of the molecule is C#CN/N=C(/C)CC(CC(C)=N)c1cc(OC)ccc1Oc1ccc(C#N)cc1. The van der Waals surface area contributed by atoms with Crippen LogP contribution in [0.5, 0.6) is 17.2 Å². The molecule has 0 aliphatic carbocycles. The number of hydrogen-bond donors (Lipinski definition) is 2. The van der Waals surface area contributed by atoms with Crippen LogP contribution >= 0.6 is 0 Å². The average Bonchev–Trinajstić information content (AvgIpc) is 2.72. The lowest BCUT2D eigenvalue weighted by Crippen LogP contribution is -2.12. The zero-order valence-electron chi connectivity index (χ0n) is 16.8. The third-order valence-electron chi connectivity index (χ3n) is 4.27. The summed E-state index contributed by atoms with van der Waals surface area (Å²) in [5.74, 6) is 1.95. The number of nitrogens with zero attached hydrogens (tertiary/aromatic N) is 2. The van der Waals surface area contributed by atoms with E-state index in [4.69, 9.17) is 26.6 Å². The molecule has 2 aromatic rings. The summed E-state index contributed by atoms with van der Waals surface area (Å²) in [6, 6.07) is 16.9. The second kappa shape index (κ2) is 10.5. The van der Waals surface area contributed by atoms with Gasteiger partial charge >= 0.3 is 0 Å². The molecule has 0 aliphatic rings. The largest absolute Gasteiger partial charge is 0.497 e. The van der Waals surface area contributed by atoms with Crippen LogP contribution < -0.4 is 14.9 Å². The van der Waals surface area contributed by atoms with E-state index in [2.05, 4.69) is 22.6 Å². The van der Waals surface area contributed by atoms with Gasteiger partial charge in [0.25, 0.3) is 0 Å². The van der Waals surface area contributed by atoms with Crippen LogP contribution in [0.25, 0.3) is 0 Å². The Morgan fingerprint density at radius 1 is 1.17 bits per heavy atom. The molecule has 0 bridgehead atoms.